The fourth-order valence-corrected chi connectivity index (χ4v) is 8.96. The zero-order valence-electron chi connectivity index (χ0n) is 33.2. The largest absolute Gasteiger partial charge is 0.300 e. The SMILES string of the molecule is CC1(C)c2cc(-c3ccc(C=N/C(=C\C(=N)c4ccccc4)c4ccc(-c5ccccc5)c(-c5ccccc5)c4)c4ccccc34)ccc2-c2c1ccc1ccccc21. The van der Waals surface area contributed by atoms with Gasteiger partial charge in [0.25, 0.3) is 0 Å². The summed E-state index contributed by atoms with van der Waals surface area (Å²) in [6, 6.07) is 70.9. The summed E-state index contributed by atoms with van der Waals surface area (Å²) in [5.74, 6) is 0. The molecule has 1 aliphatic carbocycles. The van der Waals surface area contributed by atoms with Crippen LogP contribution in [0.5, 0.6) is 0 Å². The lowest BCUT2D eigenvalue weighted by atomic mass is 9.81. The normalized spacial score (nSPS) is 13.2. The third-order valence-electron chi connectivity index (χ3n) is 12.0. The van der Waals surface area contributed by atoms with E-state index in [9.17, 15) is 0 Å². The Hall–Kier alpha value is -7.42. The van der Waals surface area contributed by atoms with E-state index in [-0.39, 0.29) is 5.41 Å². The van der Waals surface area contributed by atoms with Crippen LogP contribution in [0.25, 0.3) is 71.7 Å². The van der Waals surface area contributed by atoms with E-state index in [4.69, 9.17) is 10.4 Å². The molecule has 2 nitrogen and oxygen atoms in total. The lowest BCUT2D eigenvalue weighted by molar-refractivity contribution is 0.661. The minimum atomic E-state index is -0.122. The van der Waals surface area contributed by atoms with Gasteiger partial charge in [0.1, 0.15) is 0 Å². The van der Waals surface area contributed by atoms with Gasteiger partial charge in [0.2, 0.25) is 0 Å². The van der Waals surface area contributed by atoms with Crippen molar-refractivity contribution in [3.63, 3.8) is 0 Å². The summed E-state index contributed by atoms with van der Waals surface area (Å²) in [7, 11) is 0. The van der Waals surface area contributed by atoms with Crippen molar-refractivity contribution in [3.05, 3.63) is 234 Å². The highest BCUT2D eigenvalue weighted by atomic mass is 14.7. The zero-order chi connectivity index (χ0) is 39.9. The molecule has 9 aromatic rings. The van der Waals surface area contributed by atoms with E-state index < -0.39 is 0 Å². The number of rotatable bonds is 8. The van der Waals surface area contributed by atoms with Gasteiger partial charge < -0.3 is 5.41 Å². The number of benzene rings is 9. The fraction of sp³-hybridized carbons (Fsp3) is 0.0526. The van der Waals surface area contributed by atoms with E-state index >= 15 is 0 Å². The average molecular weight is 755 g/mol. The molecule has 280 valence electrons. The van der Waals surface area contributed by atoms with Crippen LogP contribution in [0, 0.1) is 5.41 Å². The molecule has 0 spiro atoms. The van der Waals surface area contributed by atoms with Gasteiger partial charge in [0.05, 0.1) is 11.4 Å². The van der Waals surface area contributed by atoms with Crippen molar-refractivity contribution in [3.8, 4) is 44.5 Å². The topological polar surface area (TPSA) is 36.2 Å². The molecule has 1 aliphatic rings. The minimum Gasteiger partial charge on any atom is -0.300 e. The number of hydrogen-bond acceptors (Lipinski definition) is 2. The third kappa shape index (κ3) is 6.49. The second-order valence-electron chi connectivity index (χ2n) is 15.9. The van der Waals surface area contributed by atoms with Gasteiger partial charge in [-0.3, -0.25) is 4.99 Å². The first-order valence-corrected chi connectivity index (χ1v) is 20.3. The smallest absolute Gasteiger partial charge is 0.0723 e. The minimum absolute atomic E-state index is 0.122. The van der Waals surface area contributed by atoms with Crippen LogP contribution in [0.4, 0.5) is 0 Å². The van der Waals surface area contributed by atoms with Gasteiger partial charge in [-0.15, -0.1) is 0 Å². The number of nitrogens with one attached hydrogen (secondary N) is 1. The second kappa shape index (κ2) is 14.8. The Kier molecular flexibility index (Phi) is 9.03. The van der Waals surface area contributed by atoms with Crippen LogP contribution in [-0.4, -0.2) is 11.9 Å². The Morgan fingerprint density at radius 2 is 1.07 bits per heavy atom. The van der Waals surface area contributed by atoms with Crippen LogP contribution >= 0.6 is 0 Å². The van der Waals surface area contributed by atoms with Gasteiger partial charge in [0.15, 0.2) is 0 Å². The molecule has 0 aromatic heterocycles. The molecule has 0 unspecified atom stereocenters. The van der Waals surface area contributed by atoms with Crippen LogP contribution in [0.1, 0.15) is 41.7 Å². The first-order valence-electron chi connectivity index (χ1n) is 20.3. The third-order valence-corrected chi connectivity index (χ3v) is 12.0. The molecule has 2 heteroatoms. The molecule has 10 rings (SSSR count). The standard InChI is InChI=1S/C57H42N2/c1-57(2)52-33-29-40-20-12-13-24-48(40)56(52)50-32-26-42(35-53(50)57)47-31-28-44(45-23-14-15-25-49(45)47)37-59-55(36-54(58)41-21-10-5-11-22-41)43-27-30-46(38-16-6-3-7-17-38)51(34-43)39-18-8-4-9-19-39/h3-37,58H,1-2H3/b55-36-,58-54?,59-37?. The number of hydrogen-bond donors (Lipinski definition) is 1. The summed E-state index contributed by atoms with van der Waals surface area (Å²) in [4.78, 5) is 5.23. The molecule has 0 aliphatic heterocycles. The van der Waals surface area contributed by atoms with Crippen LogP contribution in [0.15, 0.2) is 211 Å². The first kappa shape index (κ1) is 36.0. The van der Waals surface area contributed by atoms with Crippen LogP contribution in [-0.2, 0) is 5.41 Å². The maximum absolute atomic E-state index is 9.15. The first-order chi connectivity index (χ1) is 28.9. The summed E-state index contributed by atoms with van der Waals surface area (Å²) < 4.78 is 0. The Balaban J connectivity index is 1.07. The molecular formula is C57H42N2. The van der Waals surface area contributed by atoms with Gasteiger partial charge in [-0.25, -0.2) is 0 Å². The fourth-order valence-electron chi connectivity index (χ4n) is 8.96. The predicted molar refractivity (Wildman–Crippen MR) is 251 cm³/mol. The van der Waals surface area contributed by atoms with Gasteiger partial charge in [0, 0.05) is 22.8 Å². The Morgan fingerprint density at radius 3 is 1.81 bits per heavy atom. The highest BCUT2D eigenvalue weighted by molar-refractivity contribution is 6.12. The molecule has 9 aromatic carbocycles. The Morgan fingerprint density at radius 1 is 0.458 bits per heavy atom. The maximum atomic E-state index is 9.15. The van der Waals surface area contributed by atoms with Gasteiger partial charge in [-0.05, 0) is 101 Å². The molecule has 0 saturated carbocycles. The molecule has 0 bridgehead atoms. The van der Waals surface area contributed by atoms with Gasteiger partial charge in [-0.2, -0.15) is 0 Å². The second-order valence-corrected chi connectivity index (χ2v) is 15.9. The summed E-state index contributed by atoms with van der Waals surface area (Å²) in [6.45, 7) is 4.71. The van der Waals surface area contributed by atoms with E-state index in [1.165, 1.54) is 49.5 Å². The molecule has 59 heavy (non-hydrogen) atoms. The van der Waals surface area contributed by atoms with Crippen molar-refractivity contribution in [1.82, 2.24) is 0 Å². The van der Waals surface area contributed by atoms with Crippen LogP contribution in [0.3, 0.4) is 0 Å². The highest BCUT2D eigenvalue weighted by Gasteiger charge is 2.36. The predicted octanol–water partition coefficient (Wildman–Crippen LogP) is 14.8. The van der Waals surface area contributed by atoms with Crippen molar-refractivity contribution >= 4 is 39.2 Å². The van der Waals surface area contributed by atoms with Crippen molar-refractivity contribution in [2.45, 2.75) is 19.3 Å². The lowest BCUT2D eigenvalue weighted by Crippen LogP contribution is -2.15. The number of aliphatic imine (C=N–C) groups is 1. The van der Waals surface area contributed by atoms with E-state index in [0.717, 1.165) is 50.0 Å². The molecule has 0 amide bonds. The van der Waals surface area contributed by atoms with Crippen LogP contribution in [0.2, 0.25) is 0 Å². The molecule has 0 radical (unpaired) electrons. The molecular weight excluding hydrogens is 713 g/mol. The number of nitrogens with zero attached hydrogens (tertiary/aromatic N) is 1. The Labute approximate surface area is 346 Å². The van der Waals surface area contributed by atoms with E-state index in [0.29, 0.717) is 5.71 Å². The molecule has 0 atom stereocenters. The molecule has 0 fully saturated rings. The zero-order valence-corrected chi connectivity index (χ0v) is 33.2. The number of allylic oxidation sites excluding steroid dienone is 1. The van der Waals surface area contributed by atoms with Crippen molar-refractivity contribution in [1.29, 1.82) is 5.41 Å². The molecule has 1 N–H and O–H groups in total. The summed E-state index contributed by atoms with van der Waals surface area (Å²) >= 11 is 0. The monoisotopic (exact) mass is 754 g/mol. The summed E-state index contributed by atoms with van der Waals surface area (Å²) in [5.41, 5.74) is 16.2. The summed E-state index contributed by atoms with van der Waals surface area (Å²) in [5, 5.41) is 14.1. The van der Waals surface area contributed by atoms with Crippen LogP contribution < -0.4 is 0 Å². The Bertz CT molecular complexity index is 3120. The summed E-state index contributed by atoms with van der Waals surface area (Å²) in [6.07, 6.45) is 3.86. The van der Waals surface area contributed by atoms with Crippen molar-refractivity contribution in [2.75, 3.05) is 0 Å². The van der Waals surface area contributed by atoms with Crippen molar-refractivity contribution in [2.24, 2.45) is 4.99 Å². The van der Waals surface area contributed by atoms with E-state index in [2.05, 4.69) is 172 Å². The number of fused-ring (bicyclic) bond motifs is 6. The van der Waals surface area contributed by atoms with E-state index in [1.807, 2.05) is 54.8 Å². The average Bonchev–Trinajstić information content (AvgIpc) is 3.53. The highest BCUT2D eigenvalue weighted by Crippen LogP contribution is 2.52. The molecule has 0 heterocycles. The van der Waals surface area contributed by atoms with Gasteiger partial charge in [-0.1, -0.05) is 202 Å². The quantitative estimate of drug-likeness (QED) is 0.150. The van der Waals surface area contributed by atoms with Crippen molar-refractivity contribution < 1.29 is 0 Å². The maximum Gasteiger partial charge on any atom is 0.0723 e. The van der Waals surface area contributed by atoms with E-state index in [1.54, 1.807) is 0 Å². The lowest BCUT2D eigenvalue weighted by Gasteiger charge is -2.22. The van der Waals surface area contributed by atoms with Gasteiger partial charge >= 0.3 is 0 Å². The molecule has 0 saturated heterocycles.